The zero-order valence-electron chi connectivity index (χ0n) is 10.7. The molecule has 0 aliphatic heterocycles. The SMILES string of the molecule is O=C(O)Cc1ccc(Oc2cccc(F)c2[N+](=O)[O-])cc1. The van der Waals surface area contributed by atoms with Gasteiger partial charge in [0.1, 0.15) is 5.75 Å². The highest BCUT2D eigenvalue weighted by molar-refractivity contribution is 5.70. The molecule has 0 radical (unpaired) electrons. The number of nitro groups is 1. The minimum Gasteiger partial charge on any atom is -0.481 e. The molecule has 2 aromatic carbocycles. The van der Waals surface area contributed by atoms with Crippen molar-refractivity contribution in [1.82, 2.24) is 0 Å². The molecule has 21 heavy (non-hydrogen) atoms. The average Bonchev–Trinajstić information content (AvgIpc) is 2.40. The van der Waals surface area contributed by atoms with Crippen molar-refractivity contribution in [3.8, 4) is 11.5 Å². The van der Waals surface area contributed by atoms with Gasteiger partial charge in [0.05, 0.1) is 11.3 Å². The van der Waals surface area contributed by atoms with Crippen molar-refractivity contribution in [1.29, 1.82) is 0 Å². The smallest absolute Gasteiger partial charge is 0.346 e. The summed E-state index contributed by atoms with van der Waals surface area (Å²) in [7, 11) is 0. The highest BCUT2D eigenvalue weighted by atomic mass is 19.1. The zero-order chi connectivity index (χ0) is 15.4. The van der Waals surface area contributed by atoms with E-state index in [1.807, 2.05) is 0 Å². The summed E-state index contributed by atoms with van der Waals surface area (Å²) in [4.78, 5) is 20.5. The van der Waals surface area contributed by atoms with Crippen LogP contribution in [0.1, 0.15) is 5.56 Å². The van der Waals surface area contributed by atoms with Gasteiger partial charge in [-0.05, 0) is 29.8 Å². The van der Waals surface area contributed by atoms with E-state index >= 15 is 0 Å². The maximum Gasteiger partial charge on any atom is 0.346 e. The van der Waals surface area contributed by atoms with Crippen molar-refractivity contribution >= 4 is 11.7 Å². The number of halogens is 1. The summed E-state index contributed by atoms with van der Waals surface area (Å²) in [5.41, 5.74) is -0.185. The summed E-state index contributed by atoms with van der Waals surface area (Å²) < 4.78 is 18.7. The Labute approximate surface area is 118 Å². The molecule has 0 fully saturated rings. The molecule has 7 heteroatoms. The lowest BCUT2D eigenvalue weighted by Crippen LogP contribution is -2.00. The number of carboxylic acids is 1. The van der Waals surface area contributed by atoms with Gasteiger partial charge < -0.3 is 9.84 Å². The number of benzene rings is 2. The Hall–Kier alpha value is -2.96. The highest BCUT2D eigenvalue weighted by Gasteiger charge is 2.21. The van der Waals surface area contributed by atoms with Crippen LogP contribution >= 0.6 is 0 Å². The molecular weight excluding hydrogens is 281 g/mol. The number of rotatable bonds is 5. The van der Waals surface area contributed by atoms with Crippen LogP contribution in [0, 0.1) is 15.9 Å². The fourth-order valence-corrected chi connectivity index (χ4v) is 1.73. The second kappa shape index (κ2) is 6.00. The minimum atomic E-state index is -0.986. The summed E-state index contributed by atoms with van der Waals surface area (Å²) in [6, 6.07) is 9.53. The van der Waals surface area contributed by atoms with Gasteiger partial charge in [-0.1, -0.05) is 18.2 Å². The first-order valence-corrected chi connectivity index (χ1v) is 5.89. The first-order chi connectivity index (χ1) is 9.97. The fraction of sp³-hybridized carbons (Fsp3) is 0.0714. The molecule has 2 aromatic rings. The minimum absolute atomic E-state index is 0.138. The van der Waals surface area contributed by atoms with E-state index in [0.29, 0.717) is 5.56 Å². The number of hydrogen-bond donors (Lipinski definition) is 1. The number of carbonyl (C=O) groups is 1. The second-order valence-corrected chi connectivity index (χ2v) is 4.16. The van der Waals surface area contributed by atoms with Gasteiger partial charge in [0.25, 0.3) is 0 Å². The van der Waals surface area contributed by atoms with Gasteiger partial charge >= 0.3 is 11.7 Å². The lowest BCUT2D eigenvalue weighted by Gasteiger charge is -2.07. The fourth-order valence-electron chi connectivity index (χ4n) is 1.73. The highest BCUT2D eigenvalue weighted by Crippen LogP contribution is 2.33. The molecule has 6 nitrogen and oxygen atoms in total. The lowest BCUT2D eigenvalue weighted by atomic mass is 10.1. The number of nitrogens with zero attached hydrogens (tertiary/aromatic N) is 1. The molecule has 0 saturated carbocycles. The molecule has 0 heterocycles. The van der Waals surface area contributed by atoms with Crippen molar-refractivity contribution in [2.45, 2.75) is 6.42 Å². The quantitative estimate of drug-likeness (QED) is 0.675. The van der Waals surface area contributed by atoms with Crippen molar-refractivity contribution in [3.63, 3.8) is 0 Å². The van der Waals surface area contributed by atoms with Crippen LogP contribution in [0.25, 0.3) is 0 Å². The number of hydrogen-bond acceptors (Lipinski definition) is 4. The van der Waals surface area contributed by atoms with Crippen LogP contribution < -0.4 is 4.74 Å². The van der Waals surface area contributed by atoms with E-state index in [9.17, 15) is 19.3 Å². The van der Waals surface area contributed by atoms with Crippen molar-refractivity contribution in [3.05, 3.63) is 64.0 Å². The average molecular weight is 291 g/mol. The van der Waals surface area contributed by atoms with Gasteiger partial charge in [0.2, 0.25) is 11.6 Å². The van der Waals surface area contributed by atoms with E-state index in [2.05, 4.69) is 0 Å². The molecule has 1 N–H and O–H groups in total. The predicted octanol–water partition coefficient (Wildman–Crippen LogP) is 3.15. The Balaban J connectivity index is 2.24. The Morgan fingerprint density at radius 2 is 1.90 bits per heavy atom. The Kier molecular flexibility index (Phi) is 4.13. The Morgan fingerprint density at radius 3 is 2.48 bits per heavy atom. The van der Waals surface area contributed by atoms with E-state index in [1.54, 1.807) is 0 Å². The third-order valence-corrected chi connectivity index (χ3v) is 2.64. The molecular formula is C14H10FNO5. The lowest BCUT2D eigenvalue weighted by molar-refractivity contribution is -0.388. The first kappa shape index (κ1) is 14.4. The molecule has 108 valence electrons. The molecule has 0 aliphatic rings. The van der Waals surface area contributed by atoms with Gasteiger partial charge in [0.15, 0.2) is 0 Å². The van der Waals surface area contributed by atoms with Gasteiger partial charge in [-0.3, -0.25) is 14.9 Å². The Morgan fingerprint density at radius 1 is 1.24 bits per heavy atom. The Bertz CT molecular complexity index is 684. The maximum absolute atomic E-state index is 13.4. The monoisotopic (exact) mass is 291 g/mol. The summed E-state index contributed by atoms with van der Waals surface area (Å²) >= 11 is 0. The number of carboxylic acid groups (broad SMARTS) is 1. The standard InChI is InChI=1S/C14H10FNO5/c15-11-2-1-3-12(14(11)16(19)20)21-10-6-4-9(5-7-10)8-13(17)18/h1-7H,8H2,(H,17,18). The summed E-state index contributed by atoms with van der Waals surface area (Å²) in [5.74, 6) is -1.92. The third kappa shape index (κ3) is 3.53. The van der Waals surface area contributed by atoms with Crippen LogP contribution in [0.3, 0.4) is 0 Å². The van der Waals surface area contributed by atoms with Crippen LogP contribution in [0.4, 0.5) is 10.1 Å². The molecule has 0 aromatic heterocycles. The van der Waals surface area contributed by atoms with Crippen molar-refractivity contribution in [2.75, 3.05) is 0 Å². The molecule has 0 atom stereocenters. The summed E-state index contributed by atoms with van der Waals surface area (Å²) in [6.45, 7) is 0. The van der Waals surface area contributed by atoms with E-state index in [1.165, 1.54) is 36.4 Å². The maximum atomic E-state index is 13.4. The van der Waals surface area contributed by atoms with Crippen LogP contribution in [0.5, 0.6) is 11.5 Å². The van der Waals surface area contributed by atoms with Crippen LogP contribution in [0.15, 0.2) is 42.5 Å². The van der Waals surface area contributed by atoms with E-state index in [0.717, 1.165) is 6.07 Å². The number of nitro benzene ring substituents is 1. The first-order valence-electron chi connectivity index (χ1n) is 5.89. The zero-order valence-corrected chi connectivity index (χ0v) is 10.7. The van der Waals surface area contributed by atoms with E-state index in [-0.39, 0.29) is 17.9 Å². The van der Waals surface area contributed by atoms with E-state index in [4.69, 9.17) is 9.84 Å². The van der Waals surface area contributed by atoms with E-state index < -0.39 is 22.4 Å². The topological polar surface area (TPSA) is 89.7 Å². The second-order valence-electron chi connectivity index (χ2n) is 4.16. The number of aliphatic carboxylic acids is 1. The molecule has 2 rings (SSSR count). The predicted molar refractivity (Wildman–Crippen MR) is 70.9 cm³/mol. The number of ether oxygens (including phenoxy) is 1. The van der Waals surface area contributed by atoms with Crippen LogP contribution in [0.2, 0.25) is 0 Å². The van der Waals surface area contributed by atoms with Gasteiger partial charge in [-0.2, -0.15) is 4.39 Å². The third-order valence-electron chi connectivity index (χ3n) is 2.64. The largest absolute Gasteiger partial charge is 0.481 e. The van der Waals surface area contributed by atoms with Gasteiger partial charge in [0, 0.05) is 0 Å². The number of para-hydroxylation sites is 1. The van der Waals surface area contributed by atoms with Crippen LogP contribution in [-0.2, 0) is 11.2 Å². The molecule has 0 saturated heterocycles. The molecule has 0 aliphatic carbocycles. The summed E-state index contributed by atoms with van der Waals surface area (Å²) in [5, 5.41) is 19.5. The molecule has 0 amide bonds. The van der Waals surface area contributed by atoms with Crippen molar-refractivity contribution < 1.29 is 24.0 Å². The molecule has 0 unspecified atom stereocenters. The summed E-state index contributed by atoms with van der Waals surface area (Å²) in [6.07, 6.45) is -0.138. The normalized spacial score (nSPS) is 10.1. The van der Waals surface area contributed by atoms with Crippen LogP contribution in [-0.4, -0.2) is 16.0 Å². The molecule has 0 bridgehead atoms. The van der Waals surface area contributed by atoms with Crippen molar-refractivity contribution in [2.24, 2.45) is 0 Å². The van der Waals surface area contributed by atoms with Gasteiger partial charge in [-0.15, -0.1) is 0 Å². The molecule has 0 spiro atoms. The van der Waals surface area contributed by atoms with Gasteiger partial charge in [-0.25, -0.2) is 0 Å².